The first-order valence-corrected chi connectivity index (χ1v) is 16.2. The summed E-state index contributed by atoms with van der Waals surface area (Å²) in [5.74, 6) is 0. The SMILES string of the molecule is c1ccc(-c2cc3c(c4c2oc2ccccc24)NC(c2ccc(-n4c5ccccc5c5ccc6ccccc6c54)cc2)S3)cc1. The summed E-state index contributed by atoms with van der Waals surface area (Å²) in [5, 5.41) is 11.4. The number of nitrogens with one attached hydrogen (secondary N) is 1. The molecule has 1 aliphatic rings. The van der Waals surface area contributed by atoms with Crippen LogP contribution in [0.25, 0.3) is 71.3 Å². The van der Waals surface area contributed by atoms with E-state index in [9.17, 15) is 0 Å². The predicted molar refractivity (Wildman–Crippen MR) is 190 cm³/mol. The summed E-state index contributed by atoms with van der Waals surface area (Å²) in [6.45, 7) is 0. The van der Waals surface area contributed by atoms with Crippen LogP contribution in [0.1, 0.15) is 10.9 Å². The Labute approximate surface area is 263 Å². The third kappa shape index (κ3) is 3.66. The average Bonchev–Trinajstić information content (AvgIpc) is 3.80. The molecule has 0 saturated heterocycles. The van der Waals surface area contributed by atoms with E-state index in [0.29, 0.717) is 0 Å². The maximum Gasteiger partial charge on any atom is 0.145 e. The Morgan fingerprint density at radius 3 is 2.22 bits per heavy atom. The van der Waals surface area contributed by atoms with E-state index in [1.807, 2.05) is 17.8 Å². The van der Waals surface area contributed by atoms with Crippen molar-refractivity contribution in [2.75, 3.05) is 5.32 Å². The van der Waals surface area contributed by atoms with E-state index in [2.05, 4.69) is 149 Å². The molecule has 1 aliphatic heterocycles. The van der Waals surface area contributed by atoms with E-state index in [-0.39, 0.29) is 5.37 Å². The van der Waals surface area contributed by atoms with Gasteiger partial charge in [-0.3, -0.25) is 0 Å². The molecule has 0 saturated carbocycles. The highest BCUT2D eigenvalue weighted by molar-refractivity contribution is 8.00. The lowest BCUT2D eigenvalue weighted by atomic mass is 10.0. The van der Waals surface area contributed by atoms with Crippen molar-refractivity contribution in [3.8, 4) is 16.8 Å². The normalized spacial score (nSPS) is 14.5. The third-order valence-electron chi connectivity index (χ3n) is 9.23. The van der Waals surface area contributed by atoms with Crippen LogP contribution in [0.2, 0.25) is 0 Å². The van der Waals surface area contributed by atoms with Gasteiger partial charge in [-0.2, -0.15) is 0 Å². The summed E-state index contributed by atoms with van der Waals surface area (Å²) in [6.07, 6.45) is 0. The Kier molecular flexibility index (Phi) is 5.28. The zero-order valence-corrected chi connectivity index (χ0v) is 25.0. The number of furan rings is 1. The van der Waals surface area contributed by atoms with Gasteiger partial charge >= 0.3 is 0 Å². The number of fused-ring (bicyclic) bond motifs is 10. The molecule has 45 heavy (non-hydrogen) atoms. The quantitative estimate of drug-likeness (QED) is 0.221. The molecular formula is C41H26N2OS. The molecule has 0 bridgehead atoms. The molecule has 1 atom stereocenters. The van der Waals surface area contributed by atoms with Crippen molar-refractivity contribution >= 4 is 72.0 Å². The van der Waals surface area contributed by atoms with Crippen LogP contribution in [0, 0.1) is 0 Å². The molecule has 0 aliphatic carbocycles. The van der Waals surface area contributed by atoms with Crippen molar-refractivity contribution < 1.29 is 4.42 Å². The lowest BCUT2D eigenvalue weighted by Crippen LogP contribution is -2.02. The van der Waals surface area contributed by atoms with Gasteiger partial charge in [-0.25, -0.2) is 0 Å². The highest BCUT2D eigenvalue weighted by Gasteiger charge is 2.29. The van der Waals surface area contributed by atoms with Gasteiger partial charge in [0.05, 0.1) is 22.1 Å². The second-order valence-electron chi connectivity index (χ2n) is 11.7. The van der Waals surface area contributed by atoms with Crippen molar-refractivity contribution in [1.29, 1.82) is 0 Å². The fourth-order valence-electron chi connectivity index (χ4n) is 7.18. The molecule has 4 heteroatoms. The number of anilines is 1. The molecule has 0 spiro atoms. The Bertz CT molecular complexity index is 2600. The summed E-state index contributed by atoms with van der Waals surface area (Å²) in [6, 6.07) is 52.2. The van der Waals surface area contributed by atoms with E-state index >= 15 is 0 Å². The summed E-state index contributed by atoms with van der Waals surface area (Å²) in [7, 11) is 0. The van der Waals surface area contributed by atoms with Crippen molar-refractivity contribution in [3.63, 3.8) is 0 Å². The molecule has 9 aromatic rings. The second kappa shape index (κ2) is 9.52. The molecule has 0 amide bonds. The van der Waals surface area contributed by atoms with E-state index in [1.165, 1.54) is 43.0 Å². The van der Waals surface area contributed by atoms with Crippen LogP contribution in [0.5, 0.6) is 0 Å². The van der Waals surface area contributed by atoms with Crippen LogP contribution in [0.3, 0.4) is 0 Å². The number of hydrogen-bond acceptors (Lipinski definition) is 3. The zero-order chi connectivity index (χ0) is 29.5. The minimum Gasteiger partial charge on any atom is -0.455 e. The van der Waals surface area contributed by atoms with Gasteiger partial charge in [-0.15, -0.1) is 0 Å². The first-order chi connectivity index (χ1) is 22.3. The smallest absolute Gasteiger partial charge is 0.145 e. The van der Waals surface area contributed by atoms with Gasteiger partial charge in [-0.05, 0) is 46.8 Å². The van der Waals surface area contributed by atoms with Crippen molar-refractivity contribution in [3.05, 3.63) is 151 Å². The number of benzene rings is 7. The monoisotopic (exact) mass is 594 g/mol. The fraction of sp³-hybridized carbons (Fsp3) is 0.0244. The Morgan fingerprint density at radius 1 is 0.622 bits per heavy atom. The number of hydrogen-bond donors (Lipinski definition) is 1. The maximum absolute atomic E-state index is 6.51. The summed E-state index contributed by atoms with van der Waals surface area (Å²) in [5.41, 5.74) is 10.2. The van der Waals surface area contributed by atoms with Gasteiger partial charge in [0.1, 0.15) is 16.5 Å². The fourth-order valence-corrected chi connectivity index (χ4v) is 8.37. The van der Waals surface area contributed by atoms with Gasteiger partial charge in [0.2, 0.25) is 0 Å². The van der Waals surface area contributed by atoms with E-state index in [0.717, 1.165) is 44.4 Å². The standard InChI is InChI=1S/C41H26N2OS/c1-2-10-25(11-3-1)33-24-36-38(37-32-15-7-9-17-35(32)44-40(33)37)42-41(45-36)27-18-21-28(22-19-27)43-34-16-8-6-14-30(34)31-23-20-26-12-4-5-13-29(26)39(31)43/h1-24,41-42H. The third-order valence-corrected chi connectivity index (χ3v) is 10.4. The molecule has 1 unspecified atom stereocenters. The van der Waals surface area contributed by atoms with Crippen LogP contribution in [-0.2, 0) is 0 Å². The number of aromatic nitrogens is 1. The van der Waals surface area contributed by atoms with Gasteiger partial charge in [-0.1, -0.05) is 127 Å². The van der Waals surface area contributed by atoms with Crippen LogP contribution < -0.4 is 5.32 Å². The largest absolute Gasteiger partial charge is 0.455 e. The van der Waals surface area contributed by atoms with E-state index < -0.39 is 0 Å². The average molecular weight is 595 g/mol. The molecule has 0 fully saturated rings. The lowest BCUT2D eigenvalue weighted by Gasteiger charge is -2.14. The van der Waals surface area contributed by atoms with Crippen molar-refractivity contribution in [2.45, 2.75) is 10.3 Å². The molecule has 7 aromatic carbocycles. The summed E-state index contributed by atoms with van der Waals surface area (Å²) in [4.78, 5) is 1.25. The molecule has 3 nitrogen and oxygen atoms in total. The summed E-state index contributed by atoms with van der Waals surface area (Å²) >= 11 is 1.88. The summed E-state index contributed by atoms with van der Waals surface area (Å²) < 4.78 is 8.93. The van der Waals surface area contributed by atoms with Crippen molar-refractivity contribution in [2.24, 2.45) is 0 Å². The number of para-hydroxylation sites is 2. The van der Waals surface area contributed by atoms with E-state index in [4.69, 9.17) is 4.42 Å². The van der Waals surface area contributed by atoms with Gasteiger partial charge in [0.25, 0.3) is 0 Å². The second-order valence-corrected chi connectivity index (χ2v) is 12.9. The first-order valence-electron chi connectivity index (χ1n) is 15.3. The minimum atomic E-state index is 0.0934. The molecule has 2 aromatic heterocycles. The number of thioether (sulfide) groups is 1. The molecule has 0 radical (unpaired) electrons. The number of rotatable bonds is 3. The molecule has 212 valence electrons. The lowest BCUT2D eigenvalue weighted by molar-refractivity contribution is 0.670. The molecule has 1 N–H and O–H groups in total. The highest BCUT2D eigenvalue weighted by Crippen LogP contribution is 2.54. The van der Waals surface area contributed by atoms with Gasteiger partial charge in [0, 0.05) is 37.7 Å². The molecular weight excluding hydrogens is 569 g/mol. The molecule has 3 heterocycles. The first kappa shape index (κ1) is 24.9. The molecule has 10 rings (SSSR count). The van der Waals surface area contributed by atoms with Crippen LogP contribution in [0.4, 0.5) is 5.69 Å². The van der Waals surface area contributed by atoms with Gasteiger partial charge < -0.3 is 14.3 Å². The Morgan fingerprint density at radius 2 is 1.36 bits per heavy atom. The minimum absolute atomic E-state index is 0.0934. The highest BCUT2D eigenvalue weighted by atomic mass is 32.2. The Hall–Kier alpha value is -5.45. The van der Waals surface area contributed by atoms with E-state index in [1.54, 1.807) is 0 Å². The van der Waals surface area contributed by atoms with Gasteiger partial charge in [0.15, 0.2) is 0 Å². The zero-order valence-electron chi connectivity index (χ0n) is 24.2. The van der Waals surface area contributed by atoms with Crippen LogP contribution in [0.15, 0.2) is 155 Å². The topological polar surface area (TPSA) is 30.1 Å². The Balaban J connectivity index is 1.10. The van der Waals surface area contributed by atoms with Crippen molar-refractivity contribution in [1.82, 2.24) is 4.57 Å². The number of nitrogens with zero attached hydrogens (tertiary/aromatic N) is 1. The maximum atomic E-state index is 6.51. The van der Waals surface area contributed by atoms with Crippen LogP contribution >= 0.6 is 11.8 Å². The van der Waals surface area contributed by atoms with Crippen LogP contribution in [-0.4, -0.2) is 4.57 Å². The predicted octanol–water partition coefficient (Wildman–Crippen LogP) is 11.7.